The molecule has 0 radical (unpaired) electrons. The lowest BCUT2D eigenvalue weighted by molar-refractivity contribution is 0.322. The summed E-state index contributed by atoms with van der Waals surface area (Å²) in [7, 11) is 0. The molecule has 1 aromatic heterocycles. The van der Waals surface area contributed by atoms with Crippen LogP contribution in [0.25, 0.3) is 11.1 Å². The normalized spacial score (nSPS) is 14.7. The van der Waals surface area contributed by atoms with Crippen LogP contribution in [0, 0.1) is 11.7 Å². The van der Waals surface area contributed by atoms with Crippen LogP contribution in [0.5, 0.6) is 0 Å². The molecule has 4 rings (SSSR count). The van der Waals surface area contributed by atoms with Crippen LogP contribution < -0.4 is 10.2 Å². The molecule has 1 saturated heterocycles. The zero-order valence-electron chi connectivity index (χ0n) is 18.5. The van der Waals surface area contributed by atoms with E-state index in [-0.39, 0.29) is 0 Å². The van der Waals surface area contributed by atoms with Gasteiger partial charge in [0, 0.05) is 37.6 Å². The lowest BCUT2D eigenvalue weighted by Crippen LogP contribution is -2.36. The van der Waals surface area contributed by atoms with Crippen LogP contribution >= 0.6 is 11.6 Å². The number of aryl methyl sites for hydroxylation is 1. The first-order chi connectivity index (χ1) is 16.1. The van der Waals surface area contributed by atoms with Crippen LogP contribution in [-0.2, 0) is 6.42 Å². The maximum atomic E-state index is 14.5. The molecule has 0 aliphatic carbocycles. The minimum absolute atomic E-state index is 0.399. The fourth-order valence-electron chi connectivity index (χ4n) is 4.02. The monoisotopic (exact) mass is 467 g/mol. The molecule has 2 N–H and O–H groups in total. The van der Waals surface area contributed by atoms with Crippen molar-refractivity contribution in [2.75, 3.05) is 29.9 Å². The lowest BCUT2D eigenvalue weighted by atomic mass is 9.96. The standard InChI is InChI=1S/C25H27ClFN5O/c1-2-17-13-29-25(30-14-17)32-9-7-18(8-10-32)15-28-24-6-4-20(12-22(24)26)21-5-3-19(16-31-33)11-23(21)27/h3-6,11-14,16,18,28,33H,2,7-10,15H2,1H3/b31-16+. The second-order valence-electron chi connectivity index (χ2n) is 8.23. The SMILES string of the molecule is CCc1cnc(N2CCC(CNc3ccc(-c4ccc(/C=N/O)cc4F)cc3Cl)CC2)nc1. The number of anilines is 2. The summed E-state index contributed by atoms with van der Waals surface area (Å²) in [5.74, 6) is 0.940. The third-order valence-electron chi connectivity index (χ3n) is 6.06. The van der Waals surface area contributed by atoms with Crippen molar-refractivity contribution < 1.29 is 9.60 Å². The Labute approximate surface area is 198 Å². The number of hydrogen-bond acceptors (Lipinski definition) is 6. The smallest absolute Gasteiger partial charge is 0.225 e. The molecule has 0 unspecified atom stereocenters. The predicted octanol–water partition coefficient (Wildman–Crippen LogP) is 5.64. The second kappa shape index (κ2) is 10.6. The van der Waals surface area contributed by atoms with E-state index in [0.717, 1.165) is 56.1 Å². The van der Waals surface area contributed by atoms with E-state index in [2.05, 4.69) is 32.3 Å². The highest BCUT2D eigenvalue weighted by Crippen LogP contribution is 2.31. The van der Waals surface area contributed by atoms with Crippen molar-refractivity contribution in [2.24, 2.45) is 11.1 Å². The second-order valence-corrected chi connectivity index (χ2v) is 8.64. The fourth-order valence-corrected chi connectivity index (χ4v) is 4.27. The van der Waals surface area contributed by atoms with Gasteiger partial charge in [-0.15, -0.1) is 0 Å². The Balaban J connectivity index is 1.33. The van der Waals surface area contributed by atoms with Crippen molar-refractivity contribution >= 4 is 29.5 Å². The zero-order chi connectivity index (χ0) is 23.2. The summed E-state index contributed by atoms with van der Waals surface area (Å²) in [5, 5.41) is 15.5. The summed E-state index contributed by atoms with van der Waals surface area (Å²) in [6.45, 7) is 4.79. The van der Waals surface area contributed by atoms with Crippen molar-refractivity contribution in [3.05, 3.63) is 70.8 Å². The highest BCUT2D eigenvalue weighted by molar-refractivity contribution is 6.33. The zero-order valence-corrected chi connectivity index (χ0v) is 19.3. The van der Waals surface area contributed by atoms with Gasteiger partial charge in [-0.05, 0) is 60.1 Å². The summed E-state index contributed by atoms with van der Waals surface area (Å²) in [6.07, 6.45) is 8.05. The van der Waals surface area contributed by atoms with E-state index in [9.17, 15) is 4.39 Å². The first kappa shape index (κ1) is 23.0. The first-order valence-electron chi connectivity index (χ1n) is 11.1. The van der Waals surface area contributed by atoms with Gasteiger partial charge >= 0.3 is 0 Å². The molecule has 0 bridgehead atoms. The molecule has 33 heavy (non-hydrogen) atoms. The van der Waals surface area contributed by atoms with Crippen LogP contribution in [0.3, 0.4) is 0 Å². The van der Waals surface area contributed by atoms with E-state index >= 15 is 0 Å². The molecule has 1 fully saturated rings. The predicted molar refractivity (Wildman–Crippen MR) is 131 cm³/mol. The number of nitrogens with one attached hydrogen (secondary N) is 1. The Morgan fingerprint density at radius 2 is 1.94 bits per heavy atom. The van der Waals surface area contributed by atoms with Crippen LogP contribution in [0.1, 0.15) is 30.9 Å². The van der Waals surface area contributed by atoms with Crippen LogP contribution in [-0.4, -0.2) is 41.0 Å². The van der Waals surface area contributed by atoms with Gasteiger partial charge in [0.1, 0.15) is 5.82 Å². The molecule has 0 atom stereocenters. The van der Waals surface area contributed by atoms with Gasteiger partial charge in [-0.2, -0.15) is 0 Å². The van der Waals surface area contributed by atoms with E-state index in [4.69, 9.17) is 16.8 Å². The molecular weight excluding hydrogens is 441 g/mol. The number of benzene rings is 2. The topological polar surface area (TPSA) is 73.6 Å². The average Bonchev–Trinajstić information content (AvgIpc) is 2.84. The number of nitrogens with zero attached hydrogens (tertiary/aromatic N) is 4. The minimum Gasteiger partial charge on any atom is -0.411 e. The Hall–Kier alpha value is -3.19. The molecule has 0 spiro atoms. The molecule has 2 heterocycles. The molecule has 0 amide bonds. The Morgan fingerprint density at radius 1 is 1.18 bits per heavy atom. The molecule has 1 aliphatic rings. The summed E-state index contributed by atoms with van der Waals surface area (Å²) in [4.78, 5) is 11.2. The maximum absolute atomic E-state index is 14.5. The quantitative estimate of drug-likeness (QED) is 0.267. The number of aromatic nitrogens is 2. The van der Waals surface area contributed by atoms with E-state index in [1.807, 2.05) is 24.5 Å². The van der Waals surface area contributed by atoms with Gasteiger partial charge in [-0.1, -0.05) is 41.9 Å². The number of hydrogen-bond donors (Lipinski definition) is 2. The Morgan fingerprint density at radius 3 is 2.58 bits per heavy atom. The number of rotatable bonds is 7. The van der Waals surface area contributed by atoms with E-state index in [1.54, 1.807) is 18.2 Å². The van der Waals surface area contributed by atoms with Crippen molar-refractivity contribution in [2.45, 2.75) is 26.2 Å². The summed E-state index contributed by atoms with van der Waals surface area (Å²) < 4.78 is 14.5. The molecule has 172 valence electrons. The molecular formula is C25H27ClFN5O. The molecule has 6 nitrogen and oxygen atoms in total. The number of halogens is 2. The Bertz CT molecular complexity index is 1110. The molecule has 3 aromatic rings. The van der Waals surface area contributed by atoms with Crippen LogP contribution in [0.15, 0.2) is 53.9 Å². The molecule has 2 aromatic carbocycles. The fraction of sp³-hybridized carbons (Fsp3) is 0.320. The highest BCUT2D eigenvalue weighted by Gasteiger charge is 2.21. The van der Waals surface area contributed by atoms with Gasteiger partial charge in [0.25, 0.3) is 0 Å². The largest absolute Gasteiger partial charge is 0.411 e. The van der Waals surface area contributed by atoms with E-state index in [1.165, 1.54) is 12.3 Å². The summed E-state index contributed by atoms with van der Waals surface area (Å²) in [6, 6.07) is 10.2. The third-order valence-corrected chi connectivity index (χ3v) is 6.37. The van der Waals surface area contributed by atoms with Crippen molar-refractivity contribution in [1.82, 2.24) is 9.97 Å². The minimum atomic E-state index is -0.399. The Kier molecular flexibility index (Phi) is 7.40. The summed E-state index contributed by atoms with van der Waals surface area (Å²) in [5.41, 5.74) is 3.61. The van der Waals surface area contributed by atoms with Gasteiger partial charge in [0.15, 0.2) is 0 Å². The number of piperidine rings is 1. The van der Waals surface area contributed by atoms with Gasteiger partial charge in [0.2, 0.25) is 5.95 Å². The van der Waals surface area contributed by atoms with Gasteiger partial charge in [-0.25, -0.2) is 14.4 Å². The average molecular weight is 468 g/mol. The summed E-state index contributed by atoms with van der Waals surface area (Å²) >= 11 is 6.49. The molecule has 0 saturated carbocycles. The van der Waals surface area contributed by atoms with Gasteiger partial charge < -0.3 is 15.4 Å². The van der Waals surface area contributed by atoms with Crippen molar-refractivity contribution in [3.63, 3.8) is 0 Å². The molecule has 1 aliphatic heterocycles. The van der Waals surface area contributed by atoms with Crippen molar-refractivity contribution in [1.29, 1.82) is 0 Å². The van der Waals surface area contributed by atoms with E-state index < -0.39 is 5.82 Å². The van der Waals surface area contributed by atoms with Gasteiger partial charge in [-0.3, -0.25) is 0 Å². The third kappa shape index (κ3) is 5.60. The van der Waals surface area contributed by atoms with Crippen LogP contribution in [0.2, 0.25) is 5.02 Å². The lowest BCUT2D eigenvalue weighted by Gasteiger charge is -2.32. The number of oxime groups is 1. The highest BCUT2D eigenvalue weighted by atomic mass is 35.5. The first-order valence-corrected chi connectivity index (χ1v) is 11.5. The van der Waals surface area contributed by atoms with Gasteiger partial charge in [0.05, 0.1) is 16.9 Å². The maximum Gasteiger partial charge on any atom is 0.225 e. The van der Waals surface area contributed by atoms with E-state index in [0.29, 0.717) is 27.6 Å². The molecule has 8 heteroatoms. The van der Waals surface area contributed by atoms with Crippen molar-refractivity contribution in [3.8, 4) is 11.1 Å². The van der Waals surface area contributed by atoms with Crippen LogP contribution in [0.4, 0.5) is 16.0 Å².